The standard InChI is InChI=1S/C36H44ClFN2O4S/c1-23-7-5-16-36(42,19-24(2)38)31-12-9-28(31)20-40-21-35(15-6-8-26-17-29(37)11-13-30(26)35)22-44-33-14-10-27(18-32(33)40)34(41)39-45(4,43)25(23)3/h5,10-11,13-14,16-18,23,25,28,31,42H,2,4,6-9,12,15,19-22H2,1,3H3,(H,39,41,43)/b16-5+/t23-,25+,28-,31+,35-,36-,45?/m0/s1. The van der Waals surface area contributed by atoms with Gasteiger partial charge in [-0.25, -0.2) is 8.60 Å². The second kappa shape index (κ2) is 12.1. The van der Waals surface area contributed by atoms with Crippen molar-refractivity contribution in [1.82, 2.24) is 4.72 Å². The van der Waals surface area contributed by atoms with Crippen LogP contribution in [0.15, 0.2) is 61.0 Å². The summed E-state index contributed by atoms with van der Waals surface area (Å²) < 4.78 is 37.4. The number of fused-ring (bicyclic) bond motifs is 4. The molecule has 7 atom stereocenters. The minimum absolute atomic E-state index is 0.0793. The average Bonchev–Trinajstić information content (AvgIpc) is 3.10. The zero-order chi connectivity index (χ0) is 32.1. The van der Waals surface area contributed by atoms with E-state index < -0.39 is 32.3 Å². The molecule has 9 heteroatoms. The average molecular weight is 655 g/mol. The molecule has 0 saturated heterocycles. The van der Waals surface area contributed by atoms with Gasteiger partial charge in [0.05, 0.1) is 33.4 Å². The van der Waals surface area contributed by atoms with Crippen LogP contribution in [-0.4, -0.2) is 51.6 Å². The number of hydrogen-bond donors (Lipinski definition) is 2. The van der Waals surface area contributed by atoms with E-state index in [9.17, 15) is 18.5 Å². The summed E-state index contributed by atoms with van der Waals surface area (Å²) in [5, 5.41) is 12.3. The second-order valence-electron chi connectivity index (χ2n) is 13.9. The first-order chi connectivity index (χ1) is 21.3. The number of hydrogen-bond acceptors (Lipinski definition) is 5. The molecule has 2 aliphatic heterocycles. The summed E-state index contributed by atoms with van der Waals surface area (Å²) in [6, 6.07) is 11.5. The van der Waals surface area contributed by atoms with Crippen molar-refractivity contribution in [2.45, 2.75) is 75.1 Å². The maximum absolute atomic E-state index is 14.4. The minimum Gasteiger partial charge on any atom is -0.490 e. The van der Waals surface area contributed by atoms with Crippen molar-refractivity contribution in [3.8, 4) is 5.75 Å². The van der Waals surface area contributed by atoms with Gasteiger partial charge in [-0.3, -0.25) is 9.52 Å². The summed E-state index contributed by atoms with van der Waals surface area (Å²) in [5.41, 5.74) is 1.92. The number of carbonyl (C=O) groups is 1. The molecule has 1 saturated carbocycles. The third-order valence-corrected chi connectivity index (χ3v) is 13.3. The van der Waals surface area contributed by atoms with Crippen LogP contribution in [0.25, 0.3) is 0 Å². The molecule has 2 bridgehead atoms. The Labute approximate surface area is 271 Å². The highest BCUT2D eigenvalue weighted by atomic mass is 35.5. The van der Waals surface area contributed by atoms with Gasteiger partial charge in [0.1, 0.15) is 5.75 Å². The van der Waals surface area contributed by atoms with E-state index in [2.05, 4.69) is 34.2 Å². The zero-order valence-corrected chi connectivity index (χ0v) is 27.8. The number of carbonyl (C=O) groups excluding carboxylic acids is 1. The molecule has 0 radical (unpaired) electrons. The number of nitrogens with zero attached hydrogens (tertiary/aromatic N) is 1. The van der Waals surface area contributed by atoms with Crippen molar-refractivity contribution in [1.29, 1.82) is 0 Å². The van der Waals surface area contributed by atoms with Crippen LogP contribution in [0, 0.1) is 17.8 Å². The Morgan fingerprint density at radius 2 is 2.04 bits per heavy atom. The highest BCUT2D eigenvalue weighted by Crippen LogP contribution is 2.49. The molecule has 1 spiro atoms. The number of ether oxygens (including phenoxy) is 1. The van der Waals surface area contributed by atoms with Crippen molar-refractivity contribution >= 4 is 38.8 Å². The van der Waals surface area contributed by atoms with Gasteiger partial charge in [0.15, 0.2) is 0 Å². The van der Waals surface area contributed by atoms with Gasteiger partial charge in [0.2, 0.25) is 0 Å². The van der Waals surface area contributed by atoms with Crippen molar-refractivity contribution in [3.63, 3.8) is 0 Å². The lowest BCUT2D eigenvalue weighted by molar-refractivity contribution is -0.0473. The predicted molar refractivity (Wildman–Crippen MR) is 181 cm³/mol. The maximum atomic E-state index is 14.4. The number of amides is 1. The maximum Gasteiger partial charge on any atom is 0.262 e. The summed E-state index contributed by atoms with van der Waals surface area (Å²) in [4.78, 5) is 15.9. The Hall–Kier alpha value is -2.81. The second-order valence-corrected chi connectivity index (χ2v) is 16.7. The first-order valence-electron chi connectivity index (χ1n) is 16.0. The minimum atomic E-state index is -3.02. The van der Waals surface area contributed by atoms with Gasteiger partial charge in [-0.15, -0.1) is 0 Å². The molecule has 2 heterocycles. The van der Waals surface area contributed by atoms with E-state index in [4.69, 9.17) is 16.3 Å². The Balaban J connectivity index is 1.46. The monoisotopic (exact) mass is 654 g/mol. The van der Waals surface area contributed by atoms with Crippen LogP contribution in [0.4, 0.5) is 10.1 Å². The number of nitrogens with one attached hydrogen (secondary N) is 1. The van der Waals surface area contributed by atoms with Gasteiger partial charge in [-0.05, 0) is 111 Å². The molecule has 45 heavy (non-hydrogen) atoms. The van der Waals surface area contributed by atoms with Crippen LogP contribution in [0.5, 0.6) is 5.75 Å². The van der Waals surface area contributed by atoms with E-state index in [1.807, 2.05) is 38.1 Å². The third kappa shape index (κ3) is 6.18. The normalized spacial score (nSPS) is 35.6. The molecule has 2 N–H and O–H groups in total. The molecule has 2 aromatic carbocycles. The molecule has 242 valence electrons. The summed E-state index contributed by atoms with van der Waals surface area (Å²) in [7, 11) is -3.02. The van der Waals surface area contributed by atoms with Gasteiger partial charge in [-0.1, -0.05) is 43.3 Å². The SMILES string of the molecule is C=C(F)C[C@@]1(O)/C=C/C[C@H](C)[C@@H](C)S(=C)(=O)NC(=O)c2ccc3c(c2)N(C[C@@H]2CC[C@H]21)C[C@@]1(CCCc2cc(Cl)ccc21)CO3. The first kappa shape index (κ1) is 32.1. The quantitative estimate of drug-likeness (QED) is 0.276. The van der Waals surface area contributed by atoms with E-state index in [0.717, 1.165) is 37.8 Å². The highest BCUT2D eigenvalue weighted by Gasteiger charge is 2.48. The lowest BCUT2D eigenvalue weighted by atomic mass is 9.63. The number of allylic oxidation sites excluding steroid dienone is 1. The molecule has 6 nitrogen and oxygen atoms in total. The van der Waals surface area contributed by atoms with Crippen LogP contribution in [0.2, 0.25) is 5.02 Å². The van der Waals surface area contributed by atoms with Crippen LogP contribution < -0.4 is 14.4 Å². The third-order valence-electron chi connectivity index (χ3n) is 10.9. The topological polar surface area (TPSA) is 78.9 Å². The Kier molecular flexibility index (Phi) is 8.63. The van der Waals surface area contributed by atoms with E-state index >= 15 is 0 Å². The molecular formula is C36H44ClFN2O4S. The summed E-state index contributed by atoms with van der Waals surface area (Å²) >= 11 is 6.41. The lowest BCUT2D eigenvalue weighted by Crippen LogP contribution is -2.52. The summed E-state index contributed by atoms with van der Waals surface area (Å²) in [5.74, 6) is 3.40. The van der Waals surface area contributed by atoms with Crippen molar-refractivity contribution in [2.75, 3.05) is 24.6 Å². The van der Waals surface area contributed by atoms with Crippen molar-refractivity contribution in [2.24, 2.45) is 17.8 Å². The number of aliphatic hydroxyl groups is 1. The molecule has 1 unspecified atom stereocenters. The molecule has 2 aromatic rings. The van der Waals surface area contributed by atoms with Crippen LogP contribution in [0.3, 0.4) is 0 Å². The van der Waals surface area contributed by atoms with Crippen LogP contribution in [0.1, 0.15) is 73.9 Å². The smallest absolute Gasteiger partial charge is 0.262 e. The number of anilines is 1. The number of rotatable bonds is 2. The fourth-order valence-corrected chi connectivity index (χ4v) is 9.64. The van der Waals surface area contributed by atoms with Gasteiger partial charge >= 0.3 is 0 Å². The van der Waals surface area contributed by atoms with Gasteiger partial charge < -0.3 is 14.7 Å². The van der Waals surface area contributed by atoms with Gasteiger partial charge in [0.25, 0.3) is 5.91 Å². The Morgan fingerprint density at radius 1 is 1.24 bits per heavy atom. The summed E-state index contributed by atoms with van der Waals surface area (Å²) in [6.45, 7) is 8.97. The first-order valence-corrected chi connectivity index (χ1v) is 18.2. The van der Waals surface area contributed by atoms with Gasteiger partial charge in [-0.2, -0.15) is 0 Å². The van der Waals surface area contributed by atoms with Gasteiger partial charge in [0, 0.05) is 40.8 Å². The Morgan fingerprint density at radius 3 is 2.78 bits per heavy atom. The van der Waals surface area contributed by atoms with E-state index in [1.165, 1.54) is 11.1 Å². The molecular weight excluding hydrogens is 611 g/mol. The number of aryl methyl sites for hydroxylation is 1. The predicted octanol–water partition coefficient (Wildman–Crippen LogP) is 6.79. The molecule has 0 aromatic heterocycles. The molecule has 4 aliphatic rings. The Bertz CT molecular complexity index is 1640. The molecule has 1 amide bonds. The molecule has 6 rings (SSSR count). The van der Waals surface area contributed by atoms with Crippen LogP contribution in [-0.2, 0) is 21.5 Å². The van der Waals surface area contributed by atoms with Crippen molar-refractivity contribution < 1.29 is 23.2 Å². The van der Waals surface area contributed by atoms with E-state index in [1.54, 1.807) is 12.1 Å². The number of benzene rings is 2. The van der Waals surface area contributed by atoms with E-state index in [0.29, 0.717) is 42.5 Å². The lowest BCUT2D eigenvalue weighted by Gasteiger charge is -2.49. The molecule has 2 aliphatic carbocycles. The number of halogens is 2. The fourth-order valence-electron chi connectivity index (χ4n) is 7.97. The van der Waals surface area contributed by atoms with Crippen molar-refractivity contribution in [3.05, 3.63) is 82.7 Å². The van der Waals surface area contributed by atoms with E-state index in [-0.39, 0.29) is 29.6 Å². The van der Waals surface area contributed by atoms with Crippen LogP contribution >= 0.6 is 11.6 Å². The zero-order valence-electron chi connectivity index (χ0n) is 26.2. The highest BCUT2D eigenvalue weighted by molar-refractivity contribution is 7.99. The molecule has 1 fully saturated rings. The summed E-state index contributed by atoms with van der Waals surface area (Å²) in [6.07, 6.45) is 8.46. The largest absolute Gasteiger partial charge is 0.490 e. The fraction of sp³-hybridized carbons (Fsp3) is 0.500.